The van der Waals surface area contributed by atoms with E-state index in [0.29, 0.717) is 30.3 Å². The van der Waals surface area contributed by atoms with E-state index in [-0.39, 0.29) is 0 Å². The van der Waals surface area contributed by atoms with Crippen molar-refractivity contribution in [1.29, 1.82) is 0 Å². The van der Waals surface area contributed by atoms with E-state index in [2.05, 4.69) is 36.5 Å². The largest absolute Gasteiger partial charge is 0.490 e. The zero-order valence-corrected chi connectivity index (χ0v) is 12.8. The lowest BCUT2D eigenvalue weighted by molar-refractivity contribution is 0.0858. The van der Waals surface area contributed by atoms with Crippen LogP contribution in [0.3, 0.4) is 0 Å². The van der Waals surface area contributed by atoms with E-state index < -0.39 is 0 Å². The highest BCUT2D eigenvalue weighted by Crippen LogP contribution is 2.45. The van der Waals surface area contributed by atoms with Crippen LogP contribution in [0.5, 0.6) is 5.75 Å². The summed E-state index contributed by atoms with van der Waals surface area (Å²) in [6.07, 6.45) is 7.53. The molecule has 1 N–H and O–H groups in total. The Kier molecular flexibility index (Phi) is 3.64. The van der Waals surface area contributed by atoms with Gasteiger partial charge < -0.3 is 14.8 Å². The van der Waals surface area contributed by atoms with Crippen LogP contribution in [-0.2, 0) is 4.74 Å². The van der Waals surface area contributed by atoms with Gasteiger partial charge in [0, 0.05) is 12.0 Å². The van der Waals surface area contributed by atoms with Gasteiger partial charge in [0.1, 0.15) is 5.75 Å². The highest BCUT2D eigenvalue weighted by molar-refractivity contribution is 5.32. The fraction of sp³-hybridized carbons (Fsp3) is 0.667. The smallest absolute Gasteiger partial charge is 0.120 e. The van der Waals surface area contributed by atoms with Crippen LogP contribution in [0, 0.1) is 5.92 Å². The molecule has 4 atom stereocenters. The first-order valence-electron chi connectivity index (χ1n) is 8.49. The van der Waals surface area contributed by atoms with E-state index in [1.54, 1.807) is 0 Å². The quantitative estimate of drug-likeness (QED) is 0.869. The second-order valence-corrected chi connectivity index (χ2v) is 6.70. The first kappa shape index (κ1) is 13.6. The molecule has 3 nitrogen and oxygen atoms in total. The predicted molar refractivity (Wildman–Crippen MR) is 82.5 cm³/mol. The van der Waals surface area contributed by atoms with Crippen LogP contribution < -0.4 is 10.1 Å². The van der Waals surface area contributed by atoms with Crippen molar-refractivity contribution in [3.05, 3.63) is 29.8 Å². The van der Waals surface area contributed by atoms with E-state index in [9.17, 15) is 0 Å². The molecule has 2 aliphatic heterocycles. The van der Waals surface area contributed by atoms with Gasteiger partial charge in [0.05, 0.1) is 18.3 Å². The fourth-order valence-electron chi connectivity index (χ4n) is 3.92. The number of benzene rings is 1. The molecule has 2 bridgehead atoms. The second kappa shape index (κ2) is 5.62. The molecule has 2 heterocycles. The summed E-state index contributed by atoms with van der Waals surface area (Å²) in [5.41, 5.74) is 1.36. The Balaban J connectivity index is 1.55. The summed E-state index contributed by atoms with van der Waals surface area (Å²) in [6.45, 7) is 3.18. The molecule has 4 rings (SSSR count). The standard InChI is InChI=1S/C18H25NO2/c1-2-19-18(16-11-15-8-9-17(16)21-15)12-4-3-5-14(10-12)20-13-6-7-13/h3-5,10,13,15-19H,2,6-9,11H2,1H3. The van der Waals surface area contributed by atoms with Crippen LogP contribution in [-0.4, -0.2) is 24.9 Å². The van der Waals surface area contributed by atoms with Crippen LogP contribution in [0.1, 0.15) is 50.6 Å². The lowest BCUT2D eigenvalue weighted by Gasteiger charge is -2.29. The molecule has 0 spiro atoms. The van der Waals surface area contributed by atoms with E-state index in [4.69, 9.17) is 9.47 Å². The van der Waals surface area contributed by atoms with Crippen LogP contribution in [0.4, 0.5) is 0 Å². The van der Waals surface area contributed by atoms with Gasteiger partial charge in [0.2, 0.25) is 0 Å². The predicted octanol–water partition coefficient (Wildman–Crippen LogP) is 3.45. The summed E-state index contributed by atoms with van der Waals surface area (Å²) in [5.74, 6) is 1.64. The zero-order chi connectivity index (χ0) is 14.2. The summed E-state index contributed by atoms with van der Waals surface area (Å²) >= 11 is 0. The summed E-state index contributed by atoms with van der Waals surface area (Å²) in [6, 6.07) is 9.08. The maximum atomic E-state index is 6.07. The van der Waals surface area contributed by atoms with Gasteiger partial charge in [-0.3, -0.25) is 0 Å². The molecule has 3 fully saturated rings. The Morgan fingerprint density at radius 2 is 2.19 bits per heavy atom. The van der Waals surface area contributed by atoms with Crippen molar-refractivity contribution >= 4 is 0 Å². The highest BCUT2D eigenvalue weighted by atomic mass is 16.5. The Morgan fingerprint density at radius 3 is 2.86 bits per heavy atom. The van der Waals surface area contributed by atoms with E-state index in [0.717, 1.165) is 12.3 Å². The number of hydrogen-bond acceptors (Lipinski definition) is 3. The molecule has 3 heteroatoms. The summed E-state index contributed by atoms with van der Waals surface area (Å²) in [5, 5.41) is 3.69. The molecule has 1 saturated carbocycles. The molecule has 1 aliphatic carbocycles. The molecule has 1 aromatic rings. The fourth-order valence-corrected chi connectivity index (χ4v) is 3.92. The third kappa shape index (κ3) is 2.82. The molecule has 2 saturated heterocycles. The minimum absolute atomic E-state index is 0.396. The topological polar surface area (TPSA) is 30.5 Å². The molecule has 0 aromatic heterocycles. The maximum absolute atomic E-state index is 6.07. The van der Waals surface area contributed by atoms with E-state index in [1.165, 1.54) is 37.7 Å². The highest BCUT2D eigenvalue weighted by Gasteiger charge is 2.44. The maximum Gasteiger partial charge on any atom is 0.120 e. The van der Waals surface area contributed by atoms with Crippen molar-refractivity contribution in [1.82, 2.24) is 5.32 Å². The van der Waals surface area contributed by atoms with Crippen molar-refractivity contribution in [2.75, 3.05) is 6.54 Å². The number of ether oxygens (including phenoxy) is 2. The lowest BCUT2D eigenvalue weighted by atomic mass is 9.81. The molecule has 0 amide bonds. The monoisotopic (exact) mass is 287 g/mol. The van der Waals surface area contributed by atoms with Crippen LogP contribution in [0.25, 0.3) is 0 Å². The Bertz CT molecular complexity index is 500. The van der Waals surface area contributed by atoms with E-state index >= 15 is 0 Å². The normalized spacial score (nSPS) is 32.3. The molecule has 4 unspecified atom stereocenters. The third-order valence-corrected chi connectivity index (χ3v) is 5.05. The Labute approximate surface area is 127 Å². The summed E-state index contributed by atoms with van der Waals surface area (Å²) in [7, 11) is 0. The van der Waals surface area contributed by atoms with Gasteiger partial charge in [0.15, 0.2) is 0 Å². The minimum atomic E-state index is 0.396. The average molecular weight is 287 g/mol. The van der Waals surface area contributed by atoms with Gasteiger partial charge in [0.25, 0.3) is 0 Å². The number of nitrogens with one attached hydrogen (secondary N) is 1. The van der Waals surface area contributed by atoms with Gasteiger partial charge in [-0.2, -0.15) is 0 Å². The second-order valence-electron chi connectivity index (χ2n) is 6.70. The average Bonchev–Trinajstić information content (AvgIpc) is 3.07. The Hall–Kier alpha value is -1.06. The Morgan fingerprint density at radius 1 is 1.29 bits per heavy atom. The first-order chi connectivity index (χ1) is 10.3. The number of rotatable bonds is 6. The summed E-state index contributed by atoms with van der Waals surface area (Å²) in [4.78, 5) is 0. The van der Waals surface area contributed by atoms with Crippen molar-refractivity contribution < 1.29 is 9.47 Å². The molecule has 114 valence electrons. The van der Waals surface area contributed by atoms with Gasteiger partial charge in [-0.05, 0) is 56.3 Å². The minimum Gasteiger partial charge on any atom is -0.490 e. The molecular weight excluding hydrogens is 262 g/mol. The van der Waals surface area contributed by atoms with Crippen molar-refractivity contribution in [2.45, 2.75) is 63.4 Å². The van der Waals surface area contributed by atoms with Crippen LogP contribution in [0.15, 0.2) is 24.3 Å². The zero-order valence-electron chi connectivity index (χ0n) is 12.8. The van der Waals surface area contributed by atoms with Gasteiger partial charge in [-0.1, -0.05) is 19.1 Å². The van der Waals surface area contributed by atoms with Gasteiger partial charge in [-0.15, -0.1) is 0 Å². The summed E-state index contributed by atoms with van der Waals surface area (Å²) < 4.78 is 12.0. The molecule has 3 aliphatic rings. The number of fused-ring (bicyclic) bond motifs is 2. The molecular formula is C18H25NO2. The van der Waals surface area contributed by atoms with Crippen molar-refractivity contribution in [2.24, 2.45) is 5.92 Å². The molecule has 21 heavy (non-hydrogen) atoms. The van der Waals surface area contributed by atoms with E-state index in [1.807, 2.05) is 0 Å². The van der Waals surface area contributed by atoms with Crippen LogP contribution >= 0.6 is 0 Å². The molecule has 0 radical (unpaired) electrons. The lowest BCUT2D eigenvalue weighted by Crippen LogP contribution is -2.33. The third-order valence-electron chi connectivity index (χ3n) is 5.05. The van der Waals surface area contributed by atoms with Crippen LogP contribution in [0.2, 0.25) is 0 Å². The van der Waals surface area contributed by atoms with Gasteiger partial charge in [-0.25, -0.2) is 0 Å². The first-order valence-corrected chi connectivity index (χ1v) is 8.49. The van der Waals surface area contributed by atoms with Crippen molar-refractivity contribution in [3.63, 3.8) is 0 Å². The van der Waals surface area contributed by atoms with Gasteiger partial charge >= 0.3 is 0 Å². The SMILES string of the molecule is CCNC(c1cccc(OC2CC2)c1)C1CC2CCC1O2. The molecule has 1 aromatic carbocycles. The van der Waals surface area contributed by atoms with Crippen molar-refractivity contribution in [3.8, 4) is 5.75 Å². The number of hydrogen-bond donors (Lipinski definition) is 1.